The predicted molar refractivity (Wildman–Crippen MR) is 251 cm³/mol. The Morgan fingerprint density at radius 2 is 1.71 bits per heavy atom. The topological polar surface area (TPSA) is 170 Å². The zero-order chi connectivity index (χ0) is 45.0. The molecular weight excluding hydrogens is 818 g/mol. The highest BCUT2D eigenvalue weighted by Gasteiger charge is 2.55. The molecule has 1 unspecified atom stereocenters. The number of aromatic nitrogens is 6. The number of aryl methyl sites for hydroxylation is 1. The molecule has 3 N–H and O–H groups in total. The highest BCUT2D eigenvalue weighted by atomic mass is 16.3. The van der Waals surface area contributed by atoms with E-state index in [0.717, 1.165) is 99.6 Å². The maximum atomic E-state index is 13.6. The minimum Gasteiger partial charge on any atom is -0.395 e. The van der Waals surface area contributed by atoms with Crippen LogP contribution in [0.5, 0.6) is 0 Å². The molecule has 18 heteroatoms. The molecule has 4 aromatic heterocycles. The van der Waals surface area contributed by atoms with Crippen LogP contribution >= 0.6 is 0 Å². The van der Waals surface area contributed by atoms with E-state index in [2.05, 4.69) is 62.1 Å². The van der Waals surface area contributed by atoms with E-state index < -0.39 is 5.52 Å². The van der Waals surface area contributed by atoms with Gasteiger partial charge in [-0.15, -0.1) is 6.58 Å². The van der Waals surface area contributed by atoms with Crippen molar-refractivity contribution in [2.75, 3.05) is 54.4 Å². The number of nitrogens with zero attached hydrogens (tertiary/aromatic N) is 10. The molecule has 3 aliphatic heterocycles. The van der Waals surface area contributed by atoms with Crippen LogP contribution in [0.1, 0.15) is 74.7 Å². The van der Waals surface area contributed by atoms with Gasteiger partial charge >= 0.3 is 6.03 Å². The Labute approximate surface area is 380 Å². The third kappa shape index (κ3) is 8.42. The molecular formula is C47H54B2N12O4. The number of nitrogens with one attached hydrogen (secondary N) is 2. The van der Waals surface area contributed by atoms with Crippen LogP contribution in [0.25, 0.3) is 16.9 Å². The highest BCUT2D eigenvalue weighted by molar-refractivity contribution is 6.38. The molecule has 7 heterocycles. The van der Waals surface area contributed by atoms with Crippen molar-refractivity contribution < 1.29 is 14.7 Å². The smallest absolute Gasteiger partial charge is 0.324 e. The lowest BCUT2D eigenvalue weighted by Gasteiger charge is -2.63. The minimum absolute atomic E-state index is 0.104. The number of hydrogen-bond donors (Lipinski definition) is 3. The fourth-order valence-corrected chi connectivity index (χ4v) is 10.8. The molecule has 1 spiro atoms. The third-order valence-electron chi connectivity index (χ3n) is 14.4. The van der Waals surface area contributed by atoms with E-state index in [0.29, 0.717) is 67.2 Å². The molecule has 1 atom stereocenters. The summed E-state index contributed by atoms with van der Waals surface area (Å²) in [6.07, 6.45) is 12.3. The first-order valence-electron chi connectivity index (χ1n) is 22.9. The van der Waals surface area contributed by atoms with Gasteiger partial charge in [-0.25, -0.2) is 24.1 Å². The average Bonchev–Trinajstić information content (AvgIpc) is 3.80. The van der Waals surface area contributed by atoms with Crippen LogP contribution in [-0.4, -0.2) is 123 Å². The molecule has 332 valence electrons. The van der Waals surface area contributed by atoms with Crippen molar-refractivity contribution in [1.82, 2.24) is 44.4 Å². The van der Waals surface area contributed by atoms with E-state index in [-0.39, 0.29) is 29.0 Å². The summed E-state index contributed by atoms with van der Waals surface area (Å²) >= 11 is 0. The van der Waals surface area contributed by atoms with E-state index in [1.54, 1.807) is 26.5 Å². The molecule has 1 saturated carbocycles. The molecule has 5 aliphatic rings. The van der Waals surface area contributed by atoms with E-state index in [9.17, 15) is 19.5 Å². The molecule has 10 rings (SSSR count). The van der Waals surface area contributed by atoms with Gasteiger partial charge in [-0.3, -0.25) is 24.8 Å². The van der Waals surface area contributed by atoms with Gasteiger partial charge in [0.25, 0.3) is 5.56 Å². The number of benzene rings is 1. The lowest BCUT2D eigenvalue weighted by atomic mass is 9.58. The molecule has 3 amide bonds. The van der Waals surface area contributed by atoms with Crippen LogP contribution in [0, 0.1) is 11.3 Å². The third-order valence-corrected chi connectivity index (χ3v) is 14.4. The Morgan fingerprint density at radius 3 is 2.40 bits per heavy atom. The summed E-state index contributed by atoms with van der Waals surface area (Å²) in [6.45, 7) is 11.3. The number of carbonyl (C=O) groups excluding carboxylic acids is 2. The normalized spacial score (nSPS) is 20.0. The number of imide groups is 1. The Balaban J connectivity index is 0.727. The van der Waals surface area contributed by atoms with E-state index in [1.165, 1.54) is 5.56 Å². The number of urea groups is 1. The summed E-state index contributed by atoms with van der Waals surface area (Å²) in [7, 11) is 12.4. The Hall–Kier alpha value is -6.00. The monoisotopic (exact) mass is 872 g/mol. The van der Waals surface area contributed by atoms with Gasteiger partial charge in [0.2, 0.25) is 11.9 Å². The van der Waals surface area contributed by atoms with Gasteiger partial charge in [0.1, 0.15) is 21.1 Å². The second kappa shape index (κ2) is 17.1. The van der Waals surface area contributed by atoms with E-state index in [4.69, 9.17) is 25.7 Å². The first kappa shape index (κ1) is 42.9. The number of piperidine rings is 1. The molecule has 4 radical (unpaired) electrons. The fraction of sp³-hybridized carbons (Fsp3) is 0.468. The van der Waals surface area contributed by atoms with Gasteiger partial charge in [-0.1, -0.05) is 19.1 Å². The SMILES string of the molecule is [B]C([B])(O)N(CC1CCN(c2ccc(Nc3ncc4c(=O)n(CC=C)n(-c5ccc6c(n5)C(CC)CC6)c4n3)cc2)CC1)C1CC2(C1)CN(c1ccc(CN3CCC(=O)NC3=O)nc1)C2. The summed E-state index contributed by atoms with van der Waals surface area (Å²) in [5, 5.41) is 17.1. The number of fused-ring (bicyclic) bond motifs is 2. The molecule has 1 aromatic carbocycles. The first-order chi connectivity index (χ1) is 31.4. The Morgan fingerprint density at radius 1 is 0.938 bits per heavy atom. The van der Waals surface area contributed by atoms with Crippen LogP contribution in [0.3, 0.4) is 0 Å². The second-order valence-corrected chi connectivity index (χ2v) is 18.8. The number of amides is 3. The van der Waals surface area contributed by atoms with Crippen LogP contribution < -0.4 is 26.0 Å². The molecule has 5 aromatic rings. The number of aliphatic hydroxyl groups is 1. The Bertz CT molecular complexity index is 2660. The Kier molecular flexibility index (Phi) is 11.3. The molecule has 0 bridgehead atoms. The van der Waals surface area contributed by atoms with Gasteiger partial charge < -0.3 is 25.1 Å². The highest BCUT2D eigenvalue weighted by Crippen LogP contribution is 2.52. The van der Waals surface area contributed by atoms with Crippen molar-refractivity contribution in [2.24, 2.45) is 11.3 Å². The number of rotatable bonds is 14. The van der Waals surface area contributed by atoms with Crippen molar-refractivity contribution in [2.45, 2.75) is 88.9 Å². The predicted octanol–water partition coefficient (Wildman–Crippen LogP) is 4.31. The fourth-order valence-electron chi connectivity index (χ4n) is 10.8. The molecule has 2 aliphatic carbocycles. The zero-order valence-corrected chi connectivity index (χ0v) is 36.9. The summed E-state index contributed by atoms with van der Waals surface area (Å²) in [4.78, 5) is 64.4. The lowest BCUT2D eigenvalue weighted by molar-refractivity contribution is -0.121. The first-order valence-corrected chi connectivity index (χ1v) is 22.9. The van der Waals surface area contributed by atoms with Crippen molar-refractivity contribution in [3.63, 3.8) is 0 Å². The van der Waals surface area contributed by atoms with Crippen molar-refractivity contribution in [1.29, 1.82) is 0 Å². The quantitative estimate of drug-likeness (QED) is 0.0823. The molecule has 65 heavy (non-hydrogen) atoms. The maximum Gasteiger partial charge on any atom is 0.324 e. The van der Waals surface area contributed by atoms with Crippen molar-refractivity contribution >= 4 is 61.7 Å². The summed E-state index contributed by atoms with van der Waals surface area (Å²) in [6, 6.07) is 16.0. The van der Waals surface area contributed by atoms with Crippen molar-refractivity contribution in [3.05, 3.63) is 101 Å². The van der Waals surface area contributed by atoms with Gasteiger partial charge in [-0.2, -0.15) is 4.98 Å². The van der Waals surface area contributed by atoms with Gasteiger partial charge in [0.15, 0.2) is 11.5 Å². The van der Waals surface area contributed by atoms with Gasteiger partial charge in [0, 0.05) is 91.9 Å². The number of hydrogen-bond acceptors (Lipinski definition) is 12. The molecule has 3 saturated heterocycles. The molecule has 4 fully saturated rings. The number of carbonyl (C=O) groups is 2. The largest absolute Gasteiger partial charge is 0.395 e. The zero-order valence-electron chi connectivity index (χ0n) is 36.9. The number of pyridine rings is 2. The van der Waals surface area contributed by atoms with Crippen LogP contribution in [-0.2, 0) is 24.3 Å². The van der Waals surface area contributed by atoms with Crippen LogP contribution in [0.15, 0.2) is 78.4 Å². The van der Waals surface area contributed by atoms with E-state index in [1.807, 2.05) is 41.4 Å². The summed E-state index contributed by atoms with van der Waals surface area (Å²) in [5.74, 6) is 1.54. The molecule has 16 nitrogen and oxygen atoms in total. The van der Waals surface area contributed by atoms with Gasteiger partial charge in [0.05, 0.1) is 30.7 Å². The van der Waals surface area contributed by atoms with E-state index >= 15 is 0 Å². The number of anilines is 4. The lowest BCUT2D eigenvalue weighted by Crippen LogP contribution is -2.70. The number of allylic oxidation sites excluding steroid dienone is 1. The summed E-state index contributed by atoms with van der Waals surface area (Å²) < 4.78 is 3.41. The standard InChI is InChI=1S/C47H54B2N12O4/c1-3-18-60-43(63)38-25-51-44(55-42(38)61(60)39-14-7-32-6-5-31(4-2)41(32)53-39)52-33-8-11-35(12-9-33)56-19-15-30(16-20-56)26-59(47(48,49)65)37-22-46(23-37)28-58(29-46)36-13-10-34(50-24-36)27-57-21-17-40(62)54-45(57)64/h3,7-14,24-25,30-31,37,65H,1,4-6,15-23,26-29H2,2H3,(H,51,52,55)(H,54,62,64). The maximum absolute atomic E-state index is 13.6. The second-order valence-electron chi connectivity index (χ2n) is 18.8. The van der Waals surface area contributed by atoms with Crippen LogP contribution in [0.2, 0.25) is 0 Å². The summed E-state index contributed by atoms with van der Waals surface area (Å²) in [5.41, 5.74) is 4.69. The average molecular weight is 873 g/mol. The van der Waals surface area contributed by atoms with Crippen LogP contribution in [0.4, 0.5) is 27.8 Å². The van der Waals surface area contributed by atoms with Gasteiger partial charge in [-0.05, 0) is 98.9 Å². The minimum atomic E-state index is -1.90. The van der Waals surface area contributed by atoms with Crippen molar-refractivity contribution in [3.8, 4) is 5.82 Å².